The molecule has 0 unspecified atom stereocenters. The standard InChI is InChI=1S/C24H18Cl3N3O2S/c1-12-10-15(14(3)29(12)20-9-5-7-18(26)21(20)27)11-16-22(31)28-24(33)30(23(16)32)19-8-4-6-17(25)13(19)2/h4-11H,1-3H3,(H,28,31,33)/b16-11+. The van der Waals surface area contributed by atoms with E-state index in [4.69, 9.17) is 47.0 Å². The van der Waals surface area contributed by atoms with Gasteiger partial charge in [0.05, 0.1) is 21.4 Å². The number of nitrogens with zero attached hydrogens (tertiary/aromatic N) is 2. The van der Waals surface area contributed by atoms with E-state index in [0.717, 1.165) is 11.4 Å². The molecule has 0 aliphatic carbocycles. The zero-order chi connectivity index (χ0) is 24.0. The molecule has 0 bridgehead atoms. The number of benzene rings is 2. The van der Waals surface area contributed by atoms with Crippen LogP contribution in [0.4, 0.5) is 5.69 Å². The van der Waals surface area contributed by atoms with Crippen LogP contribution in [0.1, 0.15) is 22.5 Å². The average Bonchev–Trinajstić information content (AvgIpc) is 3.03. The number of hydrogen-bond donors (Lipinski definition) is 1. The van der Waals surface area contributed by atoms with Crippen LogP contribution in [0.3, 0.4) is 0 Å². The Kier molecular flexibility index (Phi) is 6.38. The van der Waals surface area contributed by atoms with Crippen LogP contribution in [-0.4, -0.2) is 21.5 Å². The number of nitrogens with one attached hydrogen (secondary N) is 1. The third kappa shape index (κ3) is 4.08. The fourth-order valence-corrected chi connectivity index (χ4v) is 4.66. The Balaban J connectivity index is 1.81. The van der Waals surface area contributed by atoms with Gasteiger partial charge in [0.2, 0.25) is 0 Å². The Morgan fingerprint density at radius 3 is 2.27 bits per heavy atom. The van der Waals surface area contributed by atoms with Crippen LogP contribution >= 0.6 is 47.0 Å². The Bertz CT molecular complexity index is 1380. The van der Waals surface area contributed by atoms with Gasteiger partial charge in [-0.1, -0.05) is 46.9 Å². The van der Waals surface area contributed by atoms with E-state index in [-0.39, 0.29) is 10.7 Å². The molecule has 168 valence electrons. The number of amides is 2. The molecule has 2 amide bonds. The Morgan fingerprint density at radius 2 is 1.58 bits per heavy atom. The van der Waals surface area contributed by atoms with Gasteiger partial charge in [0, 0.05) is 16.4 Å². The number of carbonyl (C=O) groups excluding carboxylic acids is 2. The van der Waals surface area contributed by atoms with E-state index >= 15 is 0 Å². The van der Waals surface area contributed by atoms with Gasteiger partial charge in [-0.05, 0) is 80.5 Å². The molecule has 0 atom stereocenters. The van der Waals surface area contributed by atoms with Crippen molar-refractivity contribution in [3.05, 3.63) is 85.6 Å². The van der Waals surface area contributed by atoms with Crippen molar-refractivity contribution in [2.75, 3.05) is 4.90 Å². The summed E-state index contributed by atoms with van der Waals surface area (Å²) in [6, 6.07) is 12.4. The number of thiocarbonyl (C=S) groups is 1. The molecule has 1 saturated heterocycles. The van der Waals surface area contributed by atoms with Gasteiger partial charge in [-0.2, -0.15) is 0 Å². The third-order valence-electron chi connectivity index (χ3n) is 5.52. The first-order valence-electron chi connectivity index (χ1n) is 9.91. The van der Waals surface area contributed by atoms with Crippen LogP contribution in [0.2, 0.25) is 15.1 Å². The number of aromatic nitrogens is 1. The SMILES string of the molecule is Cc1c(Cl)cccc1N1C(=O)/C(=C/c2cc(C)n(-c3cccc(Cl)c3Cl)c2C)C(=O)NC1=S. The third-order valence-corrected chi connectivity index (χ3v) is 7.03. The molecule has 4 rings (SSSR count). The largest absolute Gasteiger partial charge is 0.316 e. The highest BCUT2D eigenvalue weighted by Crippen LogP contribution is 2.33. The summed E-state index contributed by atoms with van der Waals surface area (Å²) in [6.45, 7) is 5.58. The molecule has 1 aromatic heterocycles. The second-order valence-corrected chi connectivity index (χ2v) is 9.16. The van der Waals surface area contributed by atoms with Crippen LogP contribution < -0.4 is 10.2 Å². The monoisotopic (exact) mass is 517 g/mol. The van der Waals surface area contributed by atoms with E-state index < -0.39 is 11.8 Å². The van der Waals surface area contributed by atoms with E-state index in [0.29, 0.717) is 37.6 Å². The molecular formula is C24H18Cl3N3O2S. The van der Waals surface area contributed by atoms with Gasteiger partial charge in [-0.25, -0.2) is 0 Å². The minimum atomic E-state index is -0.563. The first-order valence-corrected chi connectivity index (χ1v) is 11.5. The second kappa shape index (κ2) is 8.95. The summed E-state index contributed by atoms with van der Waals surface area (Å²) in [7, 11) is 0. The maximum absolute atomic E-state index is 13.4. The number of aryl methyl sites for hydroxylation is 1. The first-order chi connectivity index (χ1) is 15.6. The number of rotatable bonds is 3. The van der Waals surface area contributed by atoms with E-state index in [1.54, 1.807) is 37.3 Å². The van der Waals surface area contributed by atoms with Crippen molar-refractivity contribution in [3.63, 3.8) is 0 Å². The van der Waals surface area contributed by atoms with Crippen LogP contribution in [0.5, 0.6) is 0 Å². The maximum atomic E-state index is 13.4. The molecular weight excluding hydrogens is 501 g/mol. The second-order valence-electron chi connectivity index (χ2n) is 7.58. The van der Waals surface area contributed by atoms with Gasteiger partial charge in [-0.15, -0.1) is 0 Å². The van der Waals surface area contributed by atoms with Crippen molar-refractivity contribution in [3.8, 4) is 5.69 Å². The lowest BCUT2D eigenvalue weighted by molar-refractivity contribution is -0.122. The van der Waals surface area contributed by atoms with Crippen molar-refractivity contribution in [1.29, 1.82) is 0 Å². The summed E-state index contributed by atoms with van der Waals surface area (Å²) in [4.78, 5) is 27.4. The summed E-state index contributed by atoms with van der Waals surface area (Å²) >= 11 is 24.2. The van der Waals surface area contributed by atoms with Crippen molar-refractivity contribution in [2.24, 2.45) is 0 Å². The highest BCUT2D eigenvalue weighted by Gasteiger charge is 2.35. The molecule has 0 radical (unpaired) electrons. The molecule has 0 spiro atoms. The lowest BCUT2D eigenvalue weighted by Gasteiger charge is -2.30. The number of hydrogen-bond acceptors (Lipinski definition) is 3. The molecule has 5 nitrogen and oxygen atoms in total. The van der Waals surface area contributed by atoms with E-state index in [9.17, 15) is 9.59 Å². The minimum absolute atomic E-state index is 0.00342. The molecule has 1 aliphatic rings. The summed E-state index contributed by atoms with van der Waals surface area (Å²) in [5.74, 6) is -1.09. The molecule has 3 aromatic rings. The molecule has 33 heavy (non-hydrogen) atoms. The van der Waals surface area contributed by atoms with E-state index in [1.165, 1.54) is 4.90 Å². The van der Waals surface area contributed by atoms with Crippen molar-refractivity contribution >= 4 is 75.7 Å². The molecule has 0 saturated carbocycles. The van der Waals surface area contributed by atoms with Gasteiger partial charge in [0.25, 0.3) is 11.8 Å². The summed E-state index contributed by atoms with van der Waals surface area (Å²) in [6.07, 6.45) is 1.56. The molecule has 2 heterocycles. The van der Waals surface area contributed by atoms with Crippen LogP contribution in [-0.2, 0) is 9.59 Å². The highest BCUT2D eigenvalue weighted by atomic mass is 35.5. The van der Waals surface area contributed by atoms with Crippen LogP contribution in [0, 0.1) is 20.8 Å². The predicted octanol–water partition coefficient (Wildman–Crippen LogP) is 6.19. The summed E-state index contributed by atoms with van der Waals surface area (Å²) < 4.78 is 1.93. The lowest BCUT2D eigenvalue weighted by Crippen LogP contribution is -2.54. The Hall–Kier alpha value is -2.64. The Labute approximate surface area is 211 Å². The smallest absolute Gasteiger partial charge is 0.270 e. The predicted molar refractivity (Wildman–Crippen MR) is 138 cm³/mol. The average molecular weight is 519 g/mol. The van der Waals surface area contributed by atoms with Crippen LogP contribution in [0.25, 0.3) is 11.8 Å². The van der Waals surface area contributed by atoms with Crippen LogP contribution in [0.15, 0.2) is 48.0 Å². The quantitative estimate of drug-likeness (QED) is 0.255. The zero-order valence-corrected chi connectivity index (χ0v) is 21.0. The van der Waals surface area contributed by atoms with Gasteiger partial charge in [0.1, 0.15) is 5.57 Å². The fourth-order valence-electron chi connectivity index (χ4n) is 3.84. The minimum Gasteiger partial charge on any atom is -0.316 e. The van der Waals surface area contributed by atoms with E-state index in [1.807, 2.05) is 36.6 Å². The maximum Gasteiger partial charge on any atom is 0.270 e. The highest BCUT2D eigenvalue weighted by molar-refractivity contribution is 7.80. The normalized spacial score (nSPS) is 15.4. The fraction of sp³-hybridized carbons (Fsp3) is 0.125. The molecule has 9 heteroatoms. The molecule has 1 N–H and O–H groups in total. The number of halogens is 3. The zero-order valence-electron chi connectivity index (χ0n) is 17.9. The van der Waals surface area contributed by atoms with Gasteiger partial charge in [-0.3, -0.25) is 19.8 Å². The van der Waals surface area contributed by atoms with Gasteiger partial charge in [0.15, 0.2) is 5.11 Å². The molecule has 1 fully saturated rings. The van der Waals surface area contributed by atoms with Crippen molar-refractivity contribution < 1.29 is 9.59 Å². The molecule has 1 aliphatic heterocycles. The van der Waals surface area contributed by atoms with Gasteiger partial charge >= 0.3 is 0 Å². The van der Waals surface area contributed by atoms with Crippen molar-refractivity contribution in [2.45, 2.75) is 20.8 Å². The first kappa shape index (κ1) is 23.5. The van der Waals surface area contributed by atoms with E-state index in [2.05, 4.69) is 5.32 Å². The Morgan fingerprint density at radius 1 is 0.939 bits per heavy atom. The lowest BCUT2D eigenvalue weighted by atomic mass is 10.1. The summed E-state index contributed by atoms with van der Waals surface area (Å²) in [5.41, 5.74) is 4.21. The number of carbonyl (C=O) groups is 2. The number of anilines is 1. The molecule has 2 aromatic carbocycles. The summed E-state index contributed by atoms with van der Waals surface area (Å²) in [5, 5.41) is 3.95. The topological polar surface area (TPSA) is 54.3 Å². The van der Waals surface area contributed by atoms with Gasteiger partial charge < -0.3 is 4.57 Å². The van der Waals surface area contributed by atoms with Crippen molar-refractivity contribution in [1.82, 2.24) is 9.88 Å².